The van der Waals surface area contributed by atoms with Crippen LogP contribution in [0.15, 0.2) is 18.2 Å². The Balaban J connectivity index is 1.97. The maximum atomic E-state index is 12.9. The number of primary amides is 1. The van der Waals surface area contributed by atoms with Crippen LogP contribution in [0.5, 0.6) is 0 Å². The zero-order chi connectivity index (χ0) is 12.3. The number of nitrogens with two attached hydrogens (primary N) is 1. The first-order valence-corrected chi connectivity index (χ1v) is 4.96. The summed E-state index contributed by atoms with van der Waals surface area (Å²) in [6.45, 7) is 0.506. The summed E-state index contributed by atoms with van der Waals surface area (Å²) in [5.41, 5.74) is 6.05. The molecule has 1 amide bonds. The zero-order valence-corrected chi connectivity index (χ0v) is 8.87. The molecule has 2 rings (SSSR count). The number of nitrogens with one attached hydrogen (secondary N) is 2. The first-order chi connectivity index (χ1) is 8.15. The topological polar surface area (TPSA) is 93.0 Å². The highest BCUT2D eigenvalue weighted by Crippen LogP contribution is 2.14. The molecule has 4 N–H and O–H groups in total. The third-order valence-electron chi connectivity index (χ3n) is 2.08. The number of hydrogen-bond donors (Lipinski definition) is 3. The fraction of sp³-hybridized carbons (Fsp3) is 0.200. The van der Waals surface area contributed by atoms with Gasteiger partial charge in [0.15, 0.2) is 0 Å². The number of fused-ring (bicyclic) bond motifs is 1. The Morgan fingerprint density at radius 2 is 2.41 bits per heavy atom. The Morgan fingerprint density at radius 3 is 3.18 bits per heavy atom. The van der Waals surface area contributed by atoms with Gasteiger partial charge in [0.1, 0.15) is 12.4 Å². The second-order valence-corrected chi connectivity index (χ2v) is 3.34. The van der Waals surface area contributed by atoms with Crippen LogP contribution in [0.3, 0.4) is 0 Å². The number of imidazole rings is 1. The highest BCUT2D eigenvalue weighted by Gasteiger charge is 2.03. The summed E-state index contributed by atoms with van der Waals surface area (Å²) in [6, 6.07) is 4.27. The van der Waals surface area contributed by atoms with Gasteiger partial charge in [-0.25, -0.2) is 14.2 Å². The number of rotatable bonds is 4. The van der Waals surface area contributed by atoms with Gasteiger partial charge in [-0.05, 0) is 18.2 Å². The number of H-pyrrole nitrogens is 1. The number of aromatic amines is 1. The number of ether oxygens (including phenoxy) is 1. The van der Waals surface area contributed by atoms with Crippen molar-refractivity contribution in [1.29, 1.82) is 0 Å². The van der Waals surface area contributed by atoms with Gasteiger partial charge >= 0.3 is 6.09 Å². The van der Waals surface area contributed by atoms with Crippen molar-refractivity contribution >= 4 is 23.1 Å². The smallest absolute Gasteiger partial charge is 0.404 e. The molecule has 0 aliphatic carbocycles. The van der Waals surface area contributed by atoms with Gasteiger partial charge in [-0.3, -0.25) is 0 Å². The summed E-state index contributed by atoms with van der Waals surface area (Å²) in [5, 5.41) is 2.89. The summed E-state index contributed by atoms with van der Waals surface area (Å²) in [6.07, 6.45) is -0.821. The summed E-state index contributed by atoms with van der Waals surface area (Å²) >= 11 is 0. The minimum atomic E-state index is -0.821. The van der Waals surface area contributed by atoms with Crippen LogP contribution in [0.1, 0.15) is 0 Å². The average molecular weight is 238 g/mol. The predicted octanol–water partition coefficient (Wildman–Crippen LogP) is 1.21. The van der Waals surface area contributed by atoms with E-state index in [4.69, 9.17) is 5.73 Å². The maximum Gasteiger partial charge on any atom is 0.404 e. The molecule has 7 heteroatoms. The predicted molar refractivity (Wildman–Crippen MR) is 60.1 cm³/mol. The van der Waals surface area contributed by atoms with Crippen LogP contribution in [0.25, 0.3) is 11.0 Å². The van der Waals surface area contributed by atoms with Gasteiger partial charge in [-0.1, -0.05) is 0 Å². The molecule has 0 atom stereocenters. The number of nitrogens with zero attached hydrogens (tertiary/aromatic N) is 1. The Hall–Kier alpha value is -2.31. The number of aromatic nitrogens is 2. The quantitative estimate of drug-likeness (QED) is 0.698. The van der Waals surface area contributed by atoms with Crippen LogP contribution in [-0.4, -0.2) is 29.2 Å². The normalized spacial score (nSPS) is 10.4. The number of hydrogen-bond acceptors (Lipinski definition) is 4. The number of halogens is 1. The average Bonchev–Trinajstić information content (AvgIpc) is 2.66. The van der Waals surface area contributed by atoms with Crippen molar-refractivity contribution in [3.63, 3.8) is 0 Å². The molecule has 0 fully saturated rings. The first-order valence-electron chi connectivity index (χ1n) is 4.96. The fourth-order valence-electron chi connectivity index (χ4n) is 1.39. The van der Waals surface area contributed by atoms with E-state index >= 15 is 0 Å². The van der Waals surface area contributed by atoms with Crippen LogP contribution < -0.4 is 11.1 Å². The zero-order valence-electron chi connectivity index (χ0n) is 8.87. The van der Waals surface area contributed by atoms with E-state index in [1.807, 2.05) is 0 Å². The van der Waals surface area contributed by atoms with Crippen molar-refractivity contribution in [2.45, 2.75) is 0 Å². The van der Waals surface area contributed by atoms with Gasteiger partial charge in [0, 0.05) is 0 Å². The lowest BCUT2D eigenvalue weighted by Crippen LogP contribution is -2.18. The van der Waals surface area contributed by atoms with Crippen molar-refractivity contribution in [3.8, 4) is 0 Å². The van der Waals surface area contributed by atoms with Crippen molar-refractivity contribution < 1.29 is 13.9 Å². The van der Waals surface area contributed by atoms with E-state index in [1.54, 1.807) is 6.07 Å². The SMILES string of the molecule is NC(=O)OCCNc1nc2ccc(F)cc2[nH]1. The van der Waals surface area contributed by atoms with Crippen LogP contribution in [0.4, 0.5) is 15.1 Å². The molecule has 1 heterocycles. The van der Waals surface area contributed by atoms with Gasteiger partial charge < -0.3 is 20.8 Å². The van der Waals surface area contributed by atoms with Gasteiger partial charge in [0.2, 0.25) is 5.95 Å². The summed E-state index contributed by atoms with van der Waals surface area (Å²) in [5.74, 6) is 0.156. The molecule has 0 bridgehead atoms. The number of benzene rings is 1. The Labute approximate surface area is 96.0 Å². The lowest BCUT2D eigenvalue weighted by molar-refractivity contribution is 0.161. The lowest BCUT2D eigenvalue weighted by atomic mass is 10.3. The number of carbonyl (C=O) groups is 1. The molecule has 0 unspecified atom stereocenters. The van der Waals surface area contributed by atoms with Gasteiger partial charge in [-0.2, -0.15) is 0 Å². The Bertz CT molecular complexity index is 540. The van der Waals surface area contributed by atoms with Crippen molar-refractivity contribution in [3.05, 3.63) is 24.0 Å². The molecule has 0 spiro atoms. The molecule has 0 radical (unpaired) electrons. The van der Waals surface area contributed by atoms with E-state index in [1.165, 1.54) is 12.1 Å². The minimum Gasteiger partial charge on any atom is -0.448 e. The molecule has 90 valence electrons. The molecule has 0 aliphatic rings. The van der Waals surface area contributed by atoms with Crippen molar-refractivity contribution in [1.82, 2.24) is 9.97 Å². The second-order valence-electron chi connectivity index (χ2n) is 3.34. The molecule has 1 aromatic carbocycles. The molecule has 17 heavy (non-hydrogen) atoms. The third kappa shape index (κ3) is 2.83. The molecule has 6 nitrogen and oxygen atoms in total. The van der Waals surface area contributed by atoms with E-state index < -0.39 is 6.09 Å². The number of amides is 1. The second kappa shape index (κ2) is 4.69. The molecule has 0 saturated heterocycles. The third-order valence-corrected chi connectivity index (χ3v) is 2.08. The lowest BCUT2D eigenvalue weighted by Gasteiger charge is -2.01. The molecule has 1 aromatic heterocycles. The standard InChI is InChI=1S/C10H11FN4O2/c11-6-1-2-7-8(5-6)15-10(14-7)13-3-4-17-9(12)16/h1-2,5H,3-4H2,(H2,12,16)(H2,13,14,15). The highest BCUT2D eigenvalue weighted by atomic mass is 19.1. The molecule has 0 saturated carbocycles. The van der Waals surface area contributed by atoms with Gasteiger partial charge in [0.25, 0.3) is 0 Å². The van der Waals surface area contributed by atoms with Crippen LogP contribution in [-0.2, 0) is 4.74 Å². The van der Waals surface area contributed by atoms with Crippen LogP contribution in [0, 0.1) is 5.82 Å². The van der Waals surface area contributed by atoms with Crippen LogP contribution in [0.2, 0.25) is 0 Å². The number of carbonyl (C=O) groups excluding carboxylic acids is 1. The minimum absolute atomic E-state index is 0.140. The first kappa shape index (κ1) is 11.2. The van der Waals surface area contributed by atoms with E-state index in [0.717, 1.165) is 0 Å². The summed E-state index contributed by atoms with van der Waals surface area (Å²) in [7, 11) is 0. The highest BCUT2D eigenvalue weighted by molar-refractivity contribution is 5.77. The van der Waals surface area contributed by atoms with Gasteiger partial charge in [0.05, 0.1) is 17.6 Å². The van der Waals surface area contributed by atoms with Crippen molar-refractivity contribution in [2.24, 2.45) is 5.73 Å². The molecule has 2 aromatic rings. The van der Waals surface area contributed by atoms with E-state index in [2.05, 4.69) is 20.0 Å². The Kier molecular flexibility index (Phi) is 3.08. The van der Waals surface area contributed by atoms with Crippen molar-refractivity contribution in [2.75, 3.05) is 18.5 Å². The fourth-order valence-corrected chi connectivity index (χ4v) is 1.39. The molecular weight excluding hydrogens is 227 g/mol. The summed E-state index contributed by atoms with van der Waals surface area (Å²) in [4.78, 5) is 17.4. The molecular formula is C10H11FN4O2. The number of anilines is 1. The van der Waals surface area contributed by atoms with E-state index in [0.29, 0.717) is 23.5 Å². The van der Waals surface area contributed by atoms with Gasteiger partial charge in [-0.15, -0.1) is 0 Å². The van der Waals surface area contributed by atoms with E-state index in [9.17, 15) is 9.18 Å². The Morgan fingerprint density at radius 1 is 1.59 bits per heavy atom. The molecule has 0 aliphatic heterocycles. The monoisotopic (exact) mass is 238 g/mol. The van der Waals surface area contributed by atoms with Crippen LogP contribution >= 0.6 is 0 Å². The largest absolute Gasteiger partial charge is 0.448 e. The van der Waals surface area contributed by atoms with E-state index in [-0.39, 0.29) is 12.4 Å². The maximum absolute atomic E-state index is 12.9. The summed E-state index contributed by atoms with van der Waals surface area (Å²) < 4.78 is 17.4.